The fourth-order valence-electron chi connectivity index (χ4n) is 5.02. The van der Waals surface area contributed by atoms with Crippen molar-refractivity contribution in [1.29, 1.82) is 0 Å². The van der Waals surface area contributed by atoms with Gasteiger partial charge in [-0.1, -0.05) is 30.5 Å². The Labute approximate surface area is 203 Å². The van der Waals surface area contributed by atoms with E-state index in [1.54, 1.807) is 35.2 Å². The van der Waals surface area contributed by atoms with E-state index >= 15 is 0 Å². The van der Waals surface area contributed by atoms with Gasteiger partial charge in [-0.25, -0.2) is 0 Å². The molecule has 180 valence electrons. The number of aliphatic hydroxyl groups excluding tert-OH is 1. The molecule has 1 amide bonds. The molecule has 0 aromatic heterocycles. The number of hydrogen-bond donors (Lipinski definition) is 1. The van der Waals surface area contributed by atoms with Crippen molar-refractivity contribution in [1.82, 2.24) is 4.90 Å². The summed E-state index contributed by atoms with van der Waals surface area (Å²) in [5, 5.41) is 11.8. The first-order chi connectivity index (χ1) is 16.3. The van der Waals surface area contributed by atoms with E-state index in [1.807, 2.05) is 6.92 Å². The summed E-state index contributed by atoms with van der Waals surface area (Å²) in [6.07, 6.45) is 3.56. The first kappa shape index (κ1) is 24.0. The predicted octanol–water partition coefficient (Wildman–Crippen LogP) is 5.04. The summed E-state index contributed by atoms with van der Waals surface area (Å²) in [5.41, 5.74) is 1.69. The molecule has 1 aliphatic carbocycles. The van der Waals surface area contributed by atoms with Crippen LogP contribution in [0.5, 0.6) is 17.2 Å². The summed E-state index contributed by atoms with van der Waals surface area (Å²) >= 11 is 6.36. The smallest absolute Gasteiger partial charge is 0.295 e. The average molecular weight is 486 g/mol. The zero-order chi connectivity index (χ0) is 24.6. The van der Waals surface area contributed by atoms with Crippen molar-refractivity contribution < 1.29 is 28.9 Å². The fraction of sp³-hybridized carbons (Fsp3) is 0.385. The van der Waals surface area contributed by atoms with Crippen LogP contribution in [0.4, 0.5) is 0 Å². The highest BCUT2D eigenvalue weighted by atomic mass is 35.5. The van der Waals surface area contributed by atoms with Gasteiger partial charge in [-0.3, -0.25) is 9.59 Å². The number of methoxy groups -OCH3 is 3. The Morgan fingerprint density at radius 2 is 1.68 bits per heavy atom. The van der Waals surface area contributed by atoms with E-state index in [1.165, 1.54) is 21.3 Å². The van der Waals surface area contributed by atoms with Gasteiger partial charge in [0.1, 0.15) is 11.5 Å². The minimum atomic E-state index is -0.785. The zero-order valence-corrected chi connectivity index (χ0v) is 20.4. The Morgan fingerprint density at radius 1 is 1.00 bits per heavy atom. The molecule has 1 saturated carbocycles. The predicted molar refractivity (Wildman–Crippen MR) is 129 cm³/mol. The maximum Gasteiger partial charge on any atom is 0.295 e. The largest absolute Gasteiger partial charge is 0.507 e. The van der Waals surface area contributed by atoms with Crippen molar-refractivity contribution in [2.45, 2.75) is 44.7 Å². The Morgan fingerprint density at radius 3 is 2.29 bits per heavy atom. The molecule has 2 aromatic rings. The number of rotatable bonds is 6. The summed E-state index contributed by atoms with van der Waals surface area (Å²) < 4.78 is 16.3. The number of carbonyl (C=O) groups excluding carboxylic acids is 2. The SMILES string of the molecule is COc1ccc(C2/C(=C(\O)c3cc(C)cc(Cl)c3OC)C(=O)C(=O)N2C2CCCC2)cc1OC. The van der Waals surface area contributed by atoms with Crippen LogP contribution < -0.4 is 14.2 Å². The fourth-order valence-corrected chi connectivity index (χ4v) is 5.37. The van der Waals surface area contributed by atoms with Crippen LogP contribution >= 0.6 is 11.6 Å². The van der Waals surface area contributed by atoms with Gasteiger partial charge in [-0.15, -0.1) is 0 Å². The molecule has 1 saturated heterocycles. The van der Waals surface area contributed by atoms with Crippen LogP contribution in [0.15, 0.2) is 35.9 Å². The average Bonchev–Trinajstić information content (AvgIpc) is 3.44. The van der Waals surface area contributed by atoms with Gasteiger partial charge in [0, 0.05) is 6.04 Å². The third-order valence-electron chi connectivity index (χ3n) is 6.57. The van der Waals surface area contributed by atoms with Crippen LogP contribution in [-0.4, -0.2) is 49.1 Å². The number of amides is 1. The van der Waals surface area contributed by atoms with Gasteiger partial charge in [0.2, 0.25) is 0 Å². The van der Waals surface area contributed by atoms with Gasteiger partial charge in [0.05, 0.1) is 43.5 Å². The Kier molecular flexibility index (Phi) is 6.75. The van der Waals surface area contributed by atoms with Crippen LogP contribution in [0.1, 0.15) is 48.4 Å². The van der Waals surface area contributed by atoms with Gasteiger partial charge in [-0.2, -0.15) is 0 Å². The molecule has 0 spiro atoms. The van der Waals surface area contributed by atoms with Gasteiger partial charge >= 0.3 is 0 Å². The van der Waals surface area contributed by atoms with Crippen molar-refractivity contribution in [2.24, 2.45) is 0 Å². The van der Waals surface area contributed by atoms with Crippen molar-refractivity contribution >= 4 is 29.1 Å². The molecule has 2 aromatic carbocycles. The lowest BCUT2D eigenvalue weighted by atomic mass is 9.93. The second kappa shape index (κ2) is 9.58. The third kappa shape index (κ3) is 3.98. The van der Waals surface area contributed by atoms with Gasteiger partial charge in [0.25, 0.3) is 11.7 Å². The van der Waals surface area contributed by atoms with E-state index in [4.69, 9.17) is 25.8 Å². The minimum absolute atomic E-state index is 0.00378. The Balaban J connectivity index is 1.97. The van der Waals surface area contributed by atoms with Crippen LogP contribution in [-0.2, 0) is 9.59 Å². The second-order valence-electron chi connectivity index (χ2n) is 8.59. The monoisotopic (exact) mass is 485 g/mol. The molecule has 1 atom stereocenters. The number of halogens is 1. The number of hydrogen-bond acceptors (Lipinski definition) is 6. The normalized spacial score (nSPS) is 20.1. The van der Waals surface area contributed by atoms with E-state index in [-0.39, 0.29) is 28.7 Å². The van der Waals surface area contributed by atoms with E-state index in [0.717, 1.165) is 31.2 Å². The molecular formula is C26H28ClNO6. The van der Waals surface area contributed by atoms with E-state index in [9.17, 15) is 14.7 Å². The standard InChI is InChI=1S/C26H28ClNO6/c1-14-11-17(25(34-4)18(27)12-14)23(29)21-22(15-9-10-19(32-2)20(13-15)33-3)28(26(31)24(21)30)16-7-5-6-8-16/h9-13,16,22,29H,5-8H2,1-4H3/b23-21+. The molecule has 4 rings (SSSR count). The minimum Gasteiger partial charge on any atom is -0.507 e. The summed E-state index contributed by atoms with van der Waals surface area (Å²) in [7, 11) is 4.50. The molecule has 1 aliphatic heterocycles. The maximum atomic E-state index is 13.4. The Bertz CT molecular complexity index is 1170. The van der Waals surface area contributed by atoms with Gasteiger partial charge in [-0.05, 0) is 55.2 Å². The quantitative estimate of drug-likeness (QED) is 0.350. The highest BCUT2D eigenvalue weighted by molar-refractivity contribution is 6.46. The molecule has 0 radical (unpaired) electrons. The number of likely N-dealkylation sites (tertiary alicyclic amines) is 1. The van der Waals surface area contributed by atoms with Gasteiger partial charge < -0.3 is 24.2 Å². The number of ketones is 1. The topological polar surface area (TPSA) is 85.3 Å². The van der Waals surface area contributed by atoms with Crippen molar-refractivity contribution in [3.8, 4) is 17.2 Å². The number of aryl methyl sites for hydroxylation is 1. The second-order valence-corrected chi connectivity index (χ2v) is 8.99. The number of nitrogens with zero attached hydrogens (tertiary/aromatic N) is 1. The molecule has 7 nitrogen and oxygen atoms in total. The van der Waals surface area contributed by atoms with Crippen molar-refractivity contribution in [3.05, 3.63) is 57.6 Å². The van der Waals surface area contributed by atoms with E-state index < -0.39 is 17.7 Å². The van der Waals surface area contributed by atoms with Crippen LogP contribution in [0, 0.1) is 6.92 Å². The third-order valence-corrected chi connectivity index (χ3v) is 6.85. The summed E-state index contributed by atoms with van der Waals surface area (Å²) in [6, 6.07) is 7.77. The molecule has 2 aliphatic rings. The maximum absolute atomic E-state index is 13.4. The summed E-state index contributed by atoms with van der Waals surface area (Å²) in [4.78, 5) is 28.3. The van der Waals surface area contributed by atoms with Crippen LogP contribution in [0.25, 0.3) is 5.76 Å². The molecule has 34 heavy (non-hydrogen) atoms. The number of carbonyl (C=O) groups is 2. The first-order valence-corrected chi connectivity index (χ1v) is 11.6. The Hall–Kier alpha value is -3.19. The summed E-state index contributed by atoms with van der Waals surface area (Å²) in [5.74, 6) is -0.441. The van der Waals surface area contributed by atoms with E-state index in [0.29, 0.717) is 22.1 Å². The molecular weight excluding hydrogens is 458 g/mol. The van der Waals surface area contributed by atoms with Crippen LogP contribution in [0.3, 0.4) is 0 Å². The van der Waals surface area contributed by atoms with Crippen molar-refractivity contribution in [2.75, 3.05) is 21.3 Å². The number of aliphatic hydroxyl groups is 1. The number of ether oxygens (including phenoxy) is 3. The van der Waals surface area contributed by atoms with Crippen LogP contribution in [0.2, 0.25) is 5.02 Å². The lowest BCUT2D eigenvalue weighted by Gasteiger charge is -2.31. The lowest BCUT2D eigenvalue weighted by Crippen LogP contribution is -2.37. The van der Waals surface area contributed by atoms with E-state index in [2.05, 4.69) is 0 Å². The molecule has 0 bridgehead atoms. The summed E-state index contributed by atoms with van der Waals surface area (Å²) in [6.45, 7) is 1.82. The first-order valence-electron chi connectivity index (χ1n) is 11.2. The highest BCUT2D eigenvalue weighted by Crippen LogP contribution is 2.46. The van der Waals surface area contributed by atoms with Gasteiger partial charge in [0.15, 0.2) is 11.5 Å². The number of benzene rings is 2. The molecule has 1 heterocycles. The molecule has 1 unspecified atom stereocenters. The van der Waals surface area contributed by atoms with Crippen molar-refractivity contribution in [3.63, 3.8) is 0 Å². The zero-order valence-electron chi connectivity index (χ0n) is 19.7. The lowest BCUT2D eigenvalue weighted by molar-refractivity contribution is -0.141. The number of Topliss-reactive ketones (excluding diaryl/α,β-unsaturated/α-hetero) is 1. The highest BCUT2D eigenvalue weighted by Gasteiger charge is 2.49. The molecule has 8 heteroatoms. The molecule has 2 fully saturated rings. The molecule has 1 N–H and O–H groups in total.